The summed E-state index contributed by atoms with van der Waals surface area (Å²) < 4.78 is 6.30. The second kappa shape index (κ2) is 3.45. The number of imidazole rings is 2. The molecule has 4 heteroatoms. The van der Waals surface area contributed by atoms with Gasteiger partial charge in [0.1, 0.15) is 12.7 Å². The van der Waals surface area contributed by atoms with Gasteiger partial charge >= 0.3 is 0 Å². The van der Waals surface area contributed by atoms with Crippen LogP contribution in [0.5, 0.6) is 0 Å². The van der Waals surface area contributed by atoms with Crippen LogP contribution in [-0.4, -0.2) is 14.0 Å². The molecule has 0 radical (unpaired) electrons. The first-order chi connectivity index (χ1) is 8.18. The summed E-state index contributed by atoms with van der Waals surface area (Å²) >= 11 is 0. The monoisotopic (exact) mass is 227 g/mol. The number of pyridine rings is 1. The second-order valence-corrected chi connectivity index (χ2v) is 4.36. The van der Waals surface area contributed by atoms with Gasteiger partial charge in [0.25, 0.3) is 0 Å². The van der Waals surface area contributed by atoms with E-state index >= 15 is 0 Å². The Labute approximate surface area is 99.8 Å². The zero-order valence-electron chi connectivity index (χ0n) is 10.3. The van der Waals surface area contributed by atoms with E-state index in [1.807, 2.05) is 23.8 Å². The minimum atomic E-state index is 0.961. The number of hydrogen-bond acceptors (Lipinski definition) is 1. The molecule has 0 unspecified atom stereocenters. The molecule has 0 spiro atoms. The van der Waals surface area contributed by atoms with Gasteiger partial charge in [0.05, 0.1) is 0 Å². The maximum Gasteiger partial charge on any atom is 0.233 e. The third-order valence-corrected chi connectivity index (χ3v) is 3.20. The fourth-order valence-electron chi connectivity index (χ4n) is 2.34. The lowest BCUT2D eigenvalue weighted by Crippen LogP contribution is -2.31. The zero-order valence-corrected chi connectivity index (χ0v) is 10.3. The fraction of sp³-hybridized carbons (Fsp3) is 0.231. The van der Waals surface area contributed by atoms with E-state index in [9.17, 15) is 0 Å². The normalized spacial score (nSPS) is 11.2. The molecule has 0 aliphatic carbocycles. The number of aromatic nitrogens is 4. The first kappa shape index (κ1) is 10.1. The van der Waals surface area contributed by atoms with Gasteiger partial charge in [0, 0.05) is 37.3 Å². The summed E-state index contributed by atoms with van der Waals surface area (Å²) in [7, 11) is 4.11. The molecule has 4 nitrogen and oxygen atoms in total. The first-order valence-electron chi connectivity index (χ1n) is 5.62. The van der Waals surface area contributed by atoms with Crippen LogP contribution < -0.4 is 4.57 Å². The van der Waals surface area contributed by atoms with Crippen molar-refractivity contribution in [2.45, 2.75) is 6.92 Å². The molecule has 0 bridgehead atoms. The lowest BCUT2D eigenvalue weighted by atomic mass is 10.1. The lowest BCUT2D eigenvalue weighted by Gasteiger charge is -2.03. The third kappa shape index (κ3) is 1.37. The van der Waals surface area contributed by atoms with Gasteiger partial charge in [-0.05, 0) is 13.0 Å². The molecule has 3 rings (SSSR count). The first-order valence-corrected chi connectivity index (χ1v) is 5.62. The Morgan fingerprint density at radius 2 is 2.18 bits per heavy atom. The average Bonchev–Trinajstić information content (AvgIpc) is 2.84. The molecule has 3 heterocycles. The van der Waals surface area contributed by atoms with Crippen LogP contribution in [0.3, 0.4) is 0 Å². The molecule has 0 aliphatic heterocycles. The molecule has 86 valence electrons. The molecule has 3 aromatic heterocycles. The van der Waals surface area contributed by atoms with Gasteiger partial charge in [-0.2, -0.15) is 4.57 Å². The van der Waals surface area contributed by atoms with E-state index in [2.05, 4.69) is 52.6 Å². The van der Waals surface area contributed by atoms with Gasteiger partial charge in [0.2, 0.25) is 11.5 Å². The predicted octanol–water partition coefficient (Wildman–Crippen LogP) is 1.47. The highest BCUT2D eigenvalue weighted by Gasteiger charge is 2.18. The van der Waals surface area contributed by atoms with Crippen LogP contribution in [-0.2, 0) is 14.1 Å². The SMILES string of the molecule is Cc1ccc[n+](C)c1-c1cn2ccnc2n1C. The minimum Gasteiger partial charge on any atom is -0.308 e. The van der Waals surface area contributed by atoms with Crippen molar-refractivity contribution in [2.24, 2.45) is 14.1 Å². The van der Waals surface area contributed by atoms with Gasteiger partial charge in [-0.3, -0.25) is 4.40 Å². The number of rotatable bonds is 1. The summed E-state index contributed by atoms with van der Waals surface area (Å²) in [6, 6.07) is 4.19. The summed E-state index contributed by atoms with van der Waals surface area (Å²) in [5.41, 5.74) is 3.66. The van der Waals surface area contributed by atoms with Crippen molar-refractivity contribution in [3.8, 4) is 11.4 Å². The summed E-state index contributed by atoms with van der Waals surface area (Å²) in [6.45, 7) is 2.13. The molecule has 0 saturated carbocycles. The number of nitrogens with zero attached hydrogens (tertiary/aromatic N) is 4. The standard InChI is InChI=1S/C13H15N4/c1-10-5-4-7-15(2)12(10)11-9-17-8-6-14-13(17)16(11)3/h4-9H,1-3H3/q+1. The smallest absolute Gasteiger partial charge is 0.233 e. The molecule has 0 amide bonds. The quantitative estimate of drug-likeness (QED) is 0.578. The molecule has 0 aromatic carbocycles. The van der Waals surface area contributed by atoms with Crippen molar-refractivity contribution < 1.29 is 4.57 Å². The fourth-order valence-corrected chi connectivity index (χ4v) is 2.34. The Balaban J connectivity index is 2.34. The van der Waals surface area contributed by atoms with Gasteiger partial charge in [-0.25, -0.2) is 4.98 Å². The van der Waals surface area contributed by atoms with Gasteiger partial charge in [-0.15, -0.1) is 0 Å². The van der Waals surface area contributed by atoms with E-state index in [1.165, 1.54) is 17.0 Å². The van der Waals surface area contributed by atoms with E-state index in [-0.39, 0.29) is 0 Å². The predicted molar refractivity (Wildman–Crippen MR) is 65.5 cm³/mol. The Morgan fingerprint density at radius 3 is 2.88 bits per heavy atom. The Kier molecular flexibility index (Phi) is 2.04. The molecule has 3 aromatic rings. The van der Waals surface area contributed by atoms with Crippen LogP contribution in [0, 0.1) is 6.92 Å². The molecular weight excluding hydrogens is 212 g/mol. The second-order valence-electron chi connectivity index (χ2n) is 4.36. The highest BCUT2D eigenvalue weighted by Crippen LogP contribution is 2.21. The van der Waals surface area contributed by atoms with Crippen LogP contribution in [0.25, 0.3) is 17.2 Å². The maximum atomic E-state index is 4.34. The molecular formula is C13H15N4+. The Morgan fingerprint density at radius 1 is 1.35 bits per heavy atom. The molecule has 0 saturated heterocycles. The van der Waals surface area contributed by atoms with Crippen LogP contribution in [0.2, 0.25) is 0 Å². The summed E-state index contributed by atoms with van der Waals surface area (Å²) in [5, 5.41) is 0. The highest BCUT2D eigenvalue weighted by molar-refractivity contribution is 5.59. The molecule has 0 atom stereocenters. The zero-order chi connectivity index (χ0) is 12.0. The van der Waals surface area contributed by atoms with E-state index in [0.29, 0.717) is 0 Å². The van der Waals surface area contributed by atoms with Crippen molar-refractivity contribution in [1.82, 2.24) is 14.0 Å². The molecule has 0 aliphatic rings. The van der Waals surface area contributed by atoms with Crippen molar-refractivity contribution in [2.75, 3.05) is 0 Å². The largest absolute Gasteiger partial charge is 0.308 e. The minimum absolute atomic E-state index is 0.961. The molecule has 17 heavy (non-hydrogen) atoms. The summed E-state index contributed by atoms with van der Waals surface area (Å²) in [6.07, 6.45) is 7.97. The molecule has 0 fully saturated rings. The van der Waals surface area contributed by atoms with Crippen LogP contribution in [0.15, 0.2) is 36.9 Å². The van der Waals surface area contributed by atoms with Gasteiger partial charge in [-0.1, -0.05) is 0 Å². The van der Waals surface area contributed by atoms with Crippen LogP contribution in [0.4, 0.5) is 0 Å². The summed E-state index contributed by atoms with van der Waals surface area (Å²) in [5.74, 6) is 0.961. The topological polar surface area (TPSA) is 26.1 Å². The molecule has 0 N–H and O–H groups in total. The Bertz CT molecular complexity index is 670. The van der Waals surface area contributed by atoms with E-state index in [0.717, 1.165) is 5.78 Å². The van der Waals surface area contributed by atoms with Gasteiger partial charge in [0.15, 0.2) is 6.20 Å². The maximum absolute atomic E-state index is 4.34. The number of aryl methyl sites for hydroxylation is 3. The Hall–Kier alpha value is -2.10. The highest BCUT2D eigenvalue weighted by atomic mass is 15.2. The van der Waals surface area contributed by atoms with Crippen LogP contribution >= 0.6 is 0 Å². The number of fused-ring (bicyclic) bond motifs is 1. The van der Waals surface area contributed by atoms with E-state index in [4.69, 9.17) is 0 Å². The summed E-state index contributed by atoms with van der Waals surface area (Å²) in [4.78, 5) is 4.34. The van der Waals surface area contributed by atoms with Gasteiger partial charge < -0.3 is 4.57 Å². The van der Waals surface area contributed by atoms with Crippen molar-refractivity contribution in [3.63, 3.8) is 0 Å². The van der Waals surface area contributed by atoms with E-state index in [1.54, 1.807) is 0 Å². The average molecular weight is 227 g/mol. The van der Waals surface area contributed by atoms with Crippen molar-refractivity contribution >= 4 is 5.78 Å². The third-order valence-electron chi connectivity index (χ3n) is 3.20. The number of hydrogen-bond donors (Lipinski definition) is 0. The van der Waals surface area contributed by atoms with Crippen LogP contribution in [0.1, 0.15) is 5.56 Å². The lowest BCUT2D eigenvalue weighted by molar-refractivity contribution is -0.660. The van der Waals surface area contributed by atoms with E-state index < -0.39 is 0 Å². The van der Waals surface area contributed by atoms with Crippen molar-refractivity contribution in [3.05, 3.63) is 42.5 Å². The van der Waals surface area contributed by atoms with Crippen molar-refractivity contribution in [1.29, 1.82) is 0 Å².